The number of nitrogens with zero attached hydrogens (tertiary/aromatic N) is 2. The summed E-state index contributed by atoms with van der Waals surface area (Å²) < 4.78 is 0. The normalized spacial score (nSPS) is 35.9. The van der Waals surface area contributed by atoms with Gasteiger partial charge in [-0.1, -0.05) is 18.2 Å². The lowest BCUT2D eigenvalue weighted by molar-refractivity contribution is -0.145. The average Bonchev–Trinajstić information content (AvgIpc) is 3.12. The maximum Gasteiger partial charge on any atom is 0.325 e. The predicted octanol–water partition coefficient (Wildman–Crippen LogP) is 3.74. The summed E-state index contributed by atoms with van der Waals surface area (Å²) in [5.74, 6) is 3.09. The number of nitrogens with one attached hydrogen (secondary N) is 1. The Kier molecular flexibility index (Phi) is 4.24. The average molecular weight is 394 g/mol. The third-order valence-corrected chi connectivity index (χ3v) is 8.46. The van der Waals surface area contributed by atoms with Crippen LogP contribution in [0.4, 0.5) is 0 Å². The topological polar surface area (TPSA) is 59.6 Å². The molecular weight excluding hydrogens is 362 g/mol. The maximum absolute atomic E-state index is 12.3. The largest absolute Gasteiger partial charge is 0.480 e. The van der Waals surface area contributed by atoms with E-state index < -0.39 is 12.0 Å². The molecule has 5 aliphatic rings. The molecule has 0 spiro atoms. The van der Waals surface area contributed by atoms with Gasteiger partial charge in [-0.3, -0.25) is 14.6 Å². The number of H-pyrrole nitrogens is 1. The molecule has 1 saturated heterocycles. The zero-order valence-electron chi connectivity index (χ0n) is 17.0. The van der Waals surface area contributed by atoms with E-state index in [1.807, 2.05) is 30.5 Å². The number of aromatic nitrogens is 1. The molecule has 1 aromatic carbocycles. The lowest BCUT2D eigenvalue weighted by Gasteiger charge is -2.58. The van der Waals surface area contributed by atoms with Gasteiger partial charge in [0.25, 0.3) is 0 Å². The molecule has 2 aromatic rings. The third-order valence-electron chi connectivity index (χ3n) is 8.46. The summed E-state index contributed by atoms with van der Waals surface area (Å²) in [7, 11) is 0. The van der Waals surface area contributed by atoms with Crippen molar-refractivity contribution >= 4 is 16.9 Å². The Bertz CT molecular complexity index is 886. The Balaban J connectivity index is 1.19. The molecule has 4 saturated carbocycles. The number of hydrogen-bond donors (Lipinski definition) is 2. The van der Waals surface area contributed by atoms with Crippen molar-refractivity contribution in [3.8, 4) is 0 Å². The van der Waals surface area contributed by atoms with Crippen molar-refractivity contribution in [3.05, 3.63) is 36.0 Å². The Hall–Kier alpha value is -1.85. The Morgan fingerprint density at radius 3 is 2.28 bits per heavy atom. The first-order chi connectivity index (χ1) is 14.2. The number of piperazine rings is 1. The number of para-hydroxylation sites is 1. The first-order valence-electron chi connectivity index (χ1n) is 11.4. The highest BCUT2D eigenvalue weighted by Gasteiger charge is 2.50. The second-order valence-electron chi connectivity index (χ2n) is 10.0. The maximum atomic E-state index is 12.3. The third kappa shape index (κ3) is 2.93. The van der Waals surface area contributed by atoms with Gasteiger partial charge >= 0.3 is 5.97 Å². The quantitative estimate of drug-likeness (QED) is 0.831. The van der Waals surface area contributed by atoms with Gasteiger partial charge in [-0.05, 0) is 61.8 Å². The van der Waals surface area contributed by atoms with E-state index >= 15 is 0 Å². The molecule has 4 bridgehead atoms. The van der Waals surface area contributed by atoms with E-state index in [2.05, 4.69) is 14.8 Å². The Labute approximate surface area is 172 Å². The van der Waals surface area contributed by atoms with Crippen molar-refractivity contribution in [3.63, 3.8) is 0 Å². The van der Waals surface area contributed by atoms with E-state index in [4.69, 9.17) is 0 Å². The smallest absolute Gasteiger partial charge is 0.325 e. The summed E-state index contributed by atoms with van der Waals surface area (Å²) in [5, 5.41) is 11.1. The highest BCUT2D eigenvalue weighted by Crippen LogP contribution is 2.55. The Morgan fingerprint density at radius 1 is 0.966 bits per heavy atom. The highest BCUT2D eigenvalue weighted by molar-refractivity contribution is 5.89. The number of fused-ring (bicyclic) bond motifs is 1. The van der Waals surface area contributed by atoms with E-state index in [1.165, 1.54) is 32.1 Å². The molecule has 154 valence electrons. The van der Waals surface area contributed by atoms with E-state index in [0.29, 0.717) is 0 Å². The SMILES string of the molecule is O=C(O)C(c1c[nH]c2ccccc12)N1CCN(C2C3CC4CC(C3)CC2C4)CC1. The summed E-state index contributed by atoms with van der Waals surface area (Å²) in [6.45, 7) is 3.72. The molecule has 5 fully saturated rings. The van der Waals surface area contributed by atoms with Crippen LogP contribution in [0, 0.1) is 23.7 Å². The fraction of sp³-hybridized carbons (Fsp3) is 0.625. The second-order valence-corrected chi connectivity index (χ2v) is 10.0. The van der Waals surface area contributed by atoms with Crippen LogP contribution < -0.4 is 0 Å². The summed E-state index contributed by atoms with van der Waals surface area (Å²) in [6.07, 6.45) is 9.19. The van der Waals surface area contributed by atoms with Gasteiger partial charge in [0, 0.05) is 54.9 Å². The van der Waals surface area contributed by atoms with E-state index in [9.17, 15) is 9.90 Å². The molecule has 1 aliphatic heterocycles. The monoisotopic (exact) mass is 393 g/mol. The number of rotatable bonds is 4. The van der Waals surface area contributed by atoms with Crippen molar-refractivity contribution in [2.24, 2.45) is 23.7 Å². The van der Waals surface area contributed by atoms with Crippen LogP contribution in [0.3, 0.4) is 0 Å². The van der Waals surface area contributed by atoms with Crippen molar-refractivity contribution in [2.75, 3.05) is 26.2 Å². The standard InChI is InChI=1S/C24H31N3O2/c28-24(29)23(20-14-25-21-4-2-1-3-19(20)21)27-7-5-26(6-8-27)22-17-10-15-9-16(12-17)13-18(22)11-15/h1-4,14-18,22-23,25H,5-13H2,(H,28,29). The summed E-state index contributed by atoms with van der Waals surface area (Å²) in [4.78, 5) is 20.4. The zero-order chi connectivity index (χ0) is 19.5. The number of carbonyl (C=O) groups is 1. The molecular formula is C24H31N3O2. The number of aliphatic carboxylic acids is 1. The number of benzene rings is 1. The van der Waals surface area contributed by atoms with Crippen LogP contribution >= 0.6 is 0 Å². The lowest BCUT2D eigenvalue weighted by atomic mass is 9.54. The fourth-order valence-electron chi connectivity index (χ4n) is 7.59. The van der Waals surface area contributed by atoms with Crippen molar-refractivity contribution < 1.29 is 9.90 Å². The predicted molar refractivity (Wildman–Crippen MR) is 113 cm³/mol. The number of carboxylic acid groups (broad SMARTS) is 1. The summed E-state index contributed by atoms with van der Waals surface area (Å²) >= 11 is 0. The minimum atomic E-state index is -0.738. The first kappa shape index (κ1) is 18.0. The van der Waals surface area contributed by atoms with Gasteiger partial charge in [0.2, 0.25) is 0 Å². The highest BCUT2D eigenvalue weighted by atomic mass is 16.4. The van der Waals surface area contributed by atoms with E-state index in [0.717, 1.165) is 72.4 Å². The molecule has 0 radical (unpaired) electrons. The van der Waals surface area contributed by atoms with Gasteiger partial charge in [0.05, 0.1) is 0 Å². The molecule has 2 heterocycles. The number of aromatic amines is 1. The fourth-order valence-corrected chi connectivity index (χ4v) is 7.59. The molecule has 0 amide bonds. The molecule has 5 heteroatoms. The van der Waals surface area contributed by atoms with Crippen LogP contribution in [-0.4, -0.2) is 58.1 Å². The lowest BCUT2D eigenvalue weighted by Crippen LogP contribution is -2.60. The van der Waals surface area contributed by atoms with Crippen molar-refractivity contribution in [2.45, 2.75) is 44.2 Å². The molecule has 29 heavy (non-hydrogen) atoms. The Morgan fingerprint density at radius 2 is 1.62 bits per heavy atom. The molecule has 4 aliphatic carbocycles. The van der Waals surface area contributed by atoms with Crippen molar-refractivity contribution in [1.82, 2.24) is 14.8 Å². The zero-order valence-corrected chi connectivity index (χ0v) is 17.0. The molecule has 1 atom stereocenters. The van der Waals surface area contributed by atoms with E-state index in [1.54, 1.807) is 0 Å². The van der Waals surface area contributed by atoms with Crippen LogP contribution in [0.2, 0.25) is 0 Å². The minimum absolute atomic E-state index is 0.563. The van der Waals surface area contributed by atoms with Gasteiger partial charge in [0.1, 0.15) is 6.04 Å². The van der Waals surface area contributed by atoms with Crippen LogP contribution in [0.25, 0.3) is 10.9 Å². The van der Waals surface area contributed by atoms with E-state index in [-0.39, 0.29) is 0 Å². The van der Waals surface area contributed by atoms with Gasteiger partial charge in [-0.2, -0.15) is 0 Å². The van der Waals surface area contributed by atoms with Gasteiger partial charge < -0.3 is 10.1 Å². The van der Waals surface area contributed by atoms with Crippen LogP contribution in [-0.2, 0) is 4.79 Å². The number of carboxylic acids is 1. The van der Waals surface area contributed by atoms with Crippen LogP contribution in [0.1, 0.15) is 43.7 Å². The molecule has 1 unspecified atom stereocenters. The van der Waals surface area contributed by atoms with Crippen molar-refractivity contribution in [1.29, 1.82) is 0 Å². The summed E-state index contributed by atoms with van der Waals surface area (Å²) in [6, 6.07) is 8.22. The summed E-state index contributed by atoms with van der Waals surface area (Å²) in [5.41, 5.74) is 1.91. The molecule has 1 aromatic heterocycles. The van der Waals surface area contributed by atoms with Crippen LogP contribution in [0.5, 0.6) is 0 Å². The molecule has 2 N–H and O–H groups in total. The molecule has 7 rings (SSSR count). The van der Waals surface area contributed by atoms with Gasteiger partial charge in [-0.15, -0.1) is 0 Å². The first-order valence-corrected chi connectivity index (χ1v) is 11.4. The van der Waals surface area contributed by atoms with Gasteiger partial charge in [-0.25, -0.2) is 0 Å². The van der Waals surface area contributed by atoms with Gasteiger partial charge in [0.15, 0.2) is 0 Å². The molecule has 5 nitrogen and oxygen atoms in total. The second kappa shape index (κ2) is 6.85. The van der Waals surface area contributed by atoms with Crippen LogP contribution in [0.15, 0.2) is 30.5 Å². The number of hydrogen-bond acceptors (Lipinski definition) is 3. The minimum Gasteiger partial charge on any atom is -0.480 e.